The highest BCUT2D eigenvalue weighted by atomic mass is 35.5. The maximum absolute atomic E-state index is 6.19. The normalized spacial score (nSPS) is 10.3. The zero-order valence-electron chi connectivity index (χ0n) is 12.5. The van der Waals surface area contributed by atoms with Gasteiger partial charge in [0.25, 0.3) is 0 Å². The summed E-state index contributed by atoms with van der Waals surface area (Å²) in [6.45, 7) is 4.86. The monoisotopic (exact) mass is 318 g/mol. The Kier molecular flexibility index (Phi) is 5.21. The zero-order valence-corrected chi connectivity index (χ0v) is 14.1. The summed E-state index contributed by atoms with van der Waals surface area (Å²) in [5.41, 5.74) is 4.57. The first kappa shape index (κ1) is 15.8. The van der Waals surface area contributed by atoms with Crippen molar-refractivity contribution in [3.8, 4) is 0 Å². The van der Waals surface area contributed by atoms with E-state index in [1.807, 2.05) is 48.3 Å². The number of halogens is 1. The van der Waals surface area contributed by atoms with Crippen molar-refractivity contribution >= 4 is 34.6 Å². The molecular formula is C17H19ClN2S. The zero-order chi connectivity index (χ0) is 15.4. The van der Waals surface area contributed by atoms with Crippen LogP contribution in [-0.4, -0.2) is 17.1 Å². The third-order valence-electron chi connectivity index (χ3n) is 3.56. The predicted octanol–water partition coefficient (Wildman–Crippen LogP) is 4.79. The Morgan fingerprint density at radius 1 is 1.14 bits per heavy atom. The van der Waals surface area contributed by atoms with Gasteiger partial charge in [-0.2, -0.15) is 0 Å². The molecule has 2 aromatic carbocycles. The molecule has 0 aliphatic rings. The lowest BCUT2D eigenvalue weighted by Crippen LogP contribution is -2.31. The van der Waals surface area contributed by atoms with E-state index in [0.717, 1.165) is 16.3 Å². The molecule has 0 saturated carbocycles. The van der Waals surface area contributed by atoms with Crippen molar-refractivity contribution < 1.29 is 0 Å². The van der Waals surface area contributed by atoms with Crippen LogP contribution >= 0.6 is 23.8 Å². The number of thiocarbonyl (C=S) groups is 1. The topological polar surface area (TPSA) is 15.3 Å². The average molecular weight is 319 g/mol. The fraction of sp³-hybridized carbons (Fsp3) is 0.235. The molecule has 110 valence electrons. The van der Waals surface area contributed by atoms with Crippen molar-refractivity contribution in [2.24, 2.45) is 0 Å². The quantitative estimate of drug-likeness (QED) is 0.819. The fourth-order valence-corrected chi connectivity index (χ4v) is 2.42. The highest BCUT2D eigenvalue weighted by molar-refractivity contribution is 7.80. The maximum Gasteiger partial charge on any atom is 0.173 e. The SMILES string of the molecule is Cc1cccc(NC(=S)N(C)Cc2ccccc2Cl)c1C. The van der Waals surface area contributed by atoms with Gasteiger partial charge in [0.05, 0.1) is 0 Å². The van der Waals surface area contributed by atoms with E-state index in [4.69, 9.17) is 23.8 Å². The third kappa shape index (κ3) is 3.96. The van der Waals surface area contributed by atoms with Crippen molar-refractivity contribution in [1.82, 2.24) is 4.90 Å². The molecule has 21 heavy (non-hydrogen) atoms. The molecule has 0 heterocycles. The summed E-state index contributed by atoms with van der Waals surface area (Å²) in [6.07, 6.45) is 0. The number of benzene rings is 2. The molecule has 2 nitrogen and oxygen atoms in total. The predicted molar refractivity (Wildman–Crippen MR) is 95.1 cm³/mol. The summed E-state index contributed by atoms with van der Waals surface area (Å²) in [4.78, 5) is 1.98. The van der Waals surface area contributed by atoms with Gasteiger partial charge in [-0.25, -0.2) is 0 Å². The summed E-state index contributed by atoms with van der Waals surface area (Å²) < 4.78 is 0. The average Bonchev–Trinajstić information content (AvgIpc) is 2.46. The second-order valence-electron chi connectivity index (χ2n) is 5.13. The van der Waals surface area contributed by atoms with Crippen LogP contribution < -0.4 is 5.32 Å². The first-order valence-electron chi connectivity index (χ1n) is 6.81. The molecule has 0 saturated heterocycles. The summed E-state index contributed by atoms with van der Waals surface area (Å²) in [5, 5.41) is 4.75. The first-order valence-corrected chi connectivity index (χ1v) is 7.59. The second-order valence-corrected chi connectivity index (χ2v) is 5.92. The van der Waals surface area contributed by atoms with Crippen molar-refractivity contribution in [1.29, 1.82) is 0 Å². The number of nitrogens with one attached hydrogen (secondary N) is 1. The lowest BCUT2D eigenvalue weighted by atomic mass is 10.1. The van der Waals surface area contributed by atoms with Crippen molar-refractivity contribution in [3.05, 3.63) is 64.2 Å². The van der Waals surface area contributed by atoms with Gasteiger partial charge in [0.1, 0.15) is 0 Å². The Balaban J connectivity index is 2.06. The minimum atomic E-state index is 0.677. The van der Waals surface area contributed by atoms with Crippen LogP contribution in [0.1, 0.15) is 16.7 Å². The lowest BCUT2D eigenvalue weighted by Gasteiger charge is -2.22. The number of hydrogen-bond donors (Lipinski definition) is 1. The van der Waals surface area contributed by atoms with Crippen LogP contribution in [0.3, 0.4) is 0 Å². The van der Waals surface area contributed by atoms with Crippen molar-refractivity contribution in [2.75, 3.05) is 12.4 Å². The van der Waals surface area contributed by atoms with Gasteiger partial charge in [-0.05, 0) is 54.9 Å². The molecule has 0 amide bonds. The number of anilines is 1. The first-order chi connectivity index (χ1) is 9.99. The molecule has 0 aromatic heterocycles. The van der Waals surface area contributed by atoms with Crippen LogP contribution in [-0.2, 0) is 6.54 Å². The van der Waals surface area contributed by atoms with E-state index >= 15 is 0 Å². The molecule has 4 heteroatoms. The molecule has 0 radical (unpaired) electrons. The van der Waals surface area contributed by atoms with Crippen molar-refractivity contribution in [3.63, 3.8) is 0 Å². The van der Waals surface area contributed by atoms with Gasteiger partial charge >= 0.3 is 0 Å². The molecule has 0 bridgehead atoms. The highest BCUT2D eigenvalue weighted by Gasteiger charge is 2.09. The lowest BCUT2D eigenvalue weighted by molar-refractivity contribution is 0.508. The molecule has 0 atom stereocenters. The van der Waals surface area contributed by atoms with E-state index < -0.39 is 0 Å². The molecular weight excluding hydrogens is 300 g/mol. The Hall–Kier alpha value is -1.58. The van der Waals surface area contributed by atoms with Crippen molar-refractivity contribution in [2.45, 2.75) is 20.4 Å². The standard InChI is InChI=1S/C17H19ClN2S/c1-12-7-6-10-16(13(12)2)19-17(21)20(3)11-14-8-4-5-9-15(14)18/h4-10H,11H2,1-3H3,(H,19,21). The van der Waals surface area contributed by atoms with Gasteiger partial charge in [0.15, 0.2) is 5.11 Å². The van der Waals surface area contributed by atoms with Gasteiger partial charge < -0.3 is 10.2 Å². The van der Waals surface area contributed by atoms with Crippen LogP contribution in [0.2, 0.25) is 5.02 Å². The van der Waals surface area contributed by atoms with E-state index in [2.05, 4.69) is 25.2 Å². The molecule has 0 aliphatic carbocycles. The largest absolute Gasteiger partial charge is 0.348 e. The highest BCUT2D eigenvalue weighted by Crippen LogP contribution is 2.20. The summed E-state index contributed by atoms with van der Waals surface area (Å²) in [6, 6.07) is 14.0. The van der Waals surface area contributed by atoms with E-state index in [1.165, 1.54) is 11.1 Å². The Labute approximate surface area is 136 Å². The van der Waals surface area contributed by atoms with Crippen LogP contribution in [0.4, 0.5) is 5.69 Å². The van der Waals surface area contributed by atoms with E-state index in [1.54, 1.807) is 0 Å². The third-order valence-corrected chi connectivity index (χ3v) is 4.34. The van der Waals surface area contributed by atoms with Gasteiger partial charge in [0, 0.05) is 24.3 Å². The van der Waals surface area contributed by atoms with Crippen LogP contribution in [0.25, 0.3) is 0 Å². The molecule has 0 aliphatic heterocycles. The summed E-state index contributed by atoms with van der Waals surface area (Å²) in [7, 11) is 1.96. The Morgan fingerprint density at radius 3 is 2.57 bits per heavy atom. The van der Waals surface area contributed by atoms with E-state index in [0.29, 0.717) is 11.7 Å². The summed E-state index contributed by atoms with van der Waals surface area (Å²) in [5.74, 6) is 0. The van der Waals surface area contributed by atoms with Gasteiger partial charge in [-0.15, -0.1) is 0 Å². The van der Waals surface area contributed by atoms with E-state index in [9.17, 15) is 0 Å². The Bertz CT molecular complexity index is 655. The second kappa shape index (κ2) is 6.92. The smallest absolute Gasteiger partial charge is 0.173 e. The van der Waals surface area contributed by atoms with Gasteiger partial charge in [-0.3, -0.25) is 0 Å². The van der Waals surface area contributed by atoms with Crippen LogP contribution in [0.5, 0.6) is 0 Å². The van der Waals surface area contributed by atoms with Crippen LogP contribution in [0, 0.1) is 13.8 Å². The van der Waals surface area contributed by atoms with Gasteiger partial charge in [0.2, 0.25) is 0 Å². The molecule has 1 N–H and O–H groups in total. The molecule has 0 spiro atoms. The van der Waals surface area contributed by atoms with E-state index in [-0.39, 0.29) is 0 Å². The molecule has 0 fully saturated rings. The van der Waals surface area contributed by atoms with Crippen LogP contribution in [0.15, 0.2) is 42.5 Å². The minimum Gasteiger partial charge on any atom is -0.348 e. The fourth-order valence-electron chi connectivity index (χ4n) is 2.05. The molecule has 0 unspecified atom stereocenters. The molecule has 2 rings (SSSR count). The number of aryl methyl sites for hydroxylation is 1. The number of rotatable bonds is 3. The van der Waals surface area contributed by atoms with Gasteiger partial charge in [-0.1, -0.05) is 41.9 Å². The Morgan fingerprint density at radius 2 is 1.86 bits per heavy atom. The minimum absolute atomic E-state index is 0.677. The number of nitrogens with zero attached hydrogens (tertiary/aromatic N) is 1. The molecule has 2 aromatic rings. The summed E-state index contributed by atoms with van der Waals surface area (Å²) >= 11 is 11.7. The maximum atomic E-state index is 6.19. The number of hydrogen-bond acceptors (Lipinski definition) is 1.